The number of halogens is 1. The second-order valence-corrected chi connectivity index (χ2v) is 2.66. The minimum atomic E-state index is -5.99. The summed E-state index contributed by atoms with van der Waals surface area (Å²) in [6, 6.07) is 0.331. The topological polar surface area (TPSA) is 153 Å². The van der Waals surface area contributed by atoms with E-state index < -0.39 is 26.2 Å². The van der Waals surface area contributed by atoms with Crippen molar-refractivity contribution in [1.29, 1.82) is 5.26 Å². The van der Waals surface area contributed by atoms with Gasteiger partial charge in [-0.3, -0.25) is 20.2 Å². The van der Waals surface area contributed by atoms with Crippen LogP contribution in [0.2, 0.25) is 0 Å². The maximum absolute atomic E-state index is 11.8. The molecular weight excluding hydrogens is 229 g/mol. The molecule has 0 aliphatic rings. The number of nitrogens with zero attached hydrogens (tertiary/aromatic N) is 3. The monoisotopic (exact) mass is 229 g/mol. The first-order valence-electron chi connectivity index (χ1n) is 2.51. The van der Waals surface area contributed by atoms with Crippen molar-refractivity contribution in [2.24, 2.45) is 0 Å². The van der Waals surface area contributed by atoms with Crippen molar-refractivity contribution in [1.82, 2.24) is 0 Å². The van der Waals surface area contributed by atoms with Crippen molar-refractivity contribution in [2.45, 2.75) is 5.85 Å². The molecule has 0 aliphatic heterocycles. The lowest BCUT2D eigenvalue weighted by Gasteiger charge is -2.04. The normalized spacial score (nSPS) is 11.7. The zero-order chi connectivity index (χ0) is 11.6. The fourth-order valence-corrected chi connectivity index (χ4v) is 0.803. The molecule has 0 aromatic rings. The molecule has 0 aromatic heterocycles. The second-order valence-electron chi connectivity index (χ2n) is 1.71. The smallest absolute Gasteiger partial charge is 0.255 e. The summed E-state index contributed by atoms with van der Waals surface area (Å²) in [6.07, 6.45) is 0. The molecule has 0 radical (unpaired) electrons. The highest BCUT2D eigenvalue weighted by molar-refractivity contribution is 7.81. The summed E-state index contributed by atoms with van der Waals surface area (Å²) in [4.78, 5) is 15.9. The van der Waals surface area contributed by atoms with Crippen molar-refractivity contribution in [3.05, 3.63) is 20.2 Å². The minimum absolute atomic E-state index is 0.331. The Bertz CT molecular complexity index is 393. The first-order valence-corrected chi connectivity index (χ1v) is 3.82. The average Bonchev–Trinajstić information content (AvgIpc) is 1.97. The van der Waals surface area contributed by atoms with Gasteiger partial charge in [-0.05, 0) is 0 Å². The lowest BCUT2D eigenvalue weighted by atomic mass is 10.5. The van der Waals surface area contributed by atoms with Crippen molar-refractivity contribution in [2.75, 3.05) is 0 Å². The Labute approximate surface area is 75.2 Å². The van der Waals surface area contributed by atoms with E-state index in [4.69, 9.17) is 5.26 Å². The Kier molecular flexibility index (Phi) is 3.01. The fraction of sp³-hybridized carbons (Fsp3) is 0.500. The van der Waals surface area contributed by atoms with Gasteiger partial charge in [0.1, 0.15) is 9.85 Å². The van der Waals surface area contributed by atoms with Crippen molar-refractivity contribution in [3.63, 3.8) is 0 Å². The molecule has 0 amide bonds. The highest BCUT2D eigenvalue weighted by Gasteiger charge is 2.64. The molecule has 0 atom stereocenters. The van der Waals surface area contributed by atoms with Crippen LogP contribution in [0.4, 0.5) is 3.89 Å². The Morgan fingerprint density at radius 3 is 1.79 bits per heavy atom. The maximum Gasteiger partial charge on any atom is 0.687 e. The van der Waals surface area contributed by atoms with Gasteiger partial charge < -0.3 is 0 Å². The molecule has 0 aromatic carbocycles. The van der Waals surface area contributed by atoms with Crippen LogP contribution >= 0.6 is 0 Å². The maximum atomic E-state index is 11.8. The Hall–Kier alpha value is -1.87. The second kappa shape index (κ2) is 3.47. The van der Waals surface area contributed by atoms with E-state index in [-0.39, 0.29) is 0 Å². The van der Waals surface area contributed by atoms with Gasteiger partial charge in [0, 0.05) is 0 Å². The van der Waals surface area contributed by atoms with Gasteiger partial charge in [0.2, 0.25) is 0 Å². The number of hydrogen-bond donors (Lipinski definition) is 0. The van der Waals surface area contributed by atoms with Crippen LogP contribution in [-0.2, 0) is 14.7 Å². The van der Waals surface area contributed by atoms with Crippen molar-refractivity contribution >= 4 is 10.5 Å². The average molecular weight is 229 g/mol. The summed E-state index contributed by atoms with van der Waals surface area (Å²) in [5.41, 5.74) is 0. The Morgan fingerprint density at radius 1 is 1.36 bits per heavy atom. The van der Waals surface area contributed by atoms with Gasteiger partial charge >= 0.3 is 16.4 Å². The Balaban J connectivity index is 5.43. The van der Waals surface area contributed by atoms with E-state index >= 15 is 0 Å². The molecule has 0 saturated carbocycles. The van der Waals surface area contributed by atoms with Gasteiger partial charge in [0.15, 0.2) is 0 Å². The van der Waals surface area contributed by atoms with E-state index in [9.17, 15) is 32.5 Å². The van der Waals surface area contributed by atoms with Crippen LogP contribution in [-0.4, -0.2) is 24.1 Å². The molecule has 10 nitrogen and oxygen atoms in total. The third kappa shape index (κ3) is 2.31. The molecule has 0 saturated heterocycles. The first kappa shape index (κ1) is 12.1. The van der Waals surface area contributed by atoms with Crippen LogP contribution in [0, 0.1) is 31.6 Å². The number of nitro groups is 2. The third-order valence-corrected chi connectivity index (χ3v) is 1.29. The van der Waals surface area contributed by atoms with E-state index in [1.807, 2.05) is 0 Å². The number of rotatable bonds is 4. The molecule has 12 heteroatoms. The first-order chi connectivity index (χ1) is 6.15. The third-order valence-electron chi connectivity index (χ3n) is 0.856. The molecule has 0 unspecified atom stereocenters. The number of hydrogen-bond acceptors (Lipinski definition) is 8. The SMILES string of the molecule is N#CC(OS(=O)(=O)F)([N+](=O)[O-])[N+](=O)[O-]. The van der Waals surface area contributed by atoms with E-state index in [0.29, 0.717) is 6.07 Å². The lowest BCUT2D eigenvalue weighted by Crippen LogP contribution is -2.48. The largest absolute Gasteiger partial charge is 0.687 e. The molecule has 0 spiro atoms. The van der Waals surface area contributed by atoms with Gasteiger partial charge in [-0.1, -0.05) is 8.07 Å². The van der Waals surface area contributed by atoms with Crippen molar-refractivity contribution < 1.29 is 26.3 Å². The molecule has 0 aliphatic carbocycles. The van der Waals surface area contributed by atoms with Crippen LogP contribution in [0.25, 0.3) is 0 Å². The van der Waals surface area contributed by atoms with E-state index in [0.717, 1.165) is 0 Å². The summed E-state index contributed by atoms with van der Waals surface area (Å²) in [5, 5.41) is 27.9. The van der Waals surface area contributed by atoms with Crippen LogP contribution < -0.4 is 0 Å². The summed E-state index contributed by atoms with van der Waals surface area (Å²) in [5.74, 6) is -4.19. The summed E-state index contributed by atoms with van der Waals surface area (Å²) in [6.45, 7) is 0. The van der Waals surface area contributed by atoms with Gasteiger partial charge in [0.05, 0.1) is 0 Å². The molecule has 0 bridgehead atoms. The summed E-state index contributed by atoms with van der Waals surface area (Å²) in [7, 11) is -5.99. The molecule has 0 rings (SSSR count). The molecule has 14 heavy (non-hydrogen) atoms. The van der Waals surface area contributed by atoms with Crippen LogP contribution in [0.15, 0.2) is 0 Å². The molecule has 0 fully saturated rings. The predicted molar refractivity (Wildman–Crippen MR) is 33.4 cm³/mol. The van der Waals surface area contributed by atoms with Gasteiger partial charge in [0.25, 0.3) is 6.07 Å². The molecule has 0 N–H and O–H groups in total. The highest BCUT2D eigenvalue weighted by Crippen LogP contribution is 2.16. The minimum Gasteiger partial charge on any atom is -0.255 e. The van der Waals surface area contributed by atoms with E-state index in [1.54, 1.807) is 0 Å². The molecular formula is C2FN3O7S. The fourth-order valence-electron chi connectivity index (χ4n) is 0.367. The van der Waals surface area contributed by atoms with Gasteiger partial charge in [-0.15, -0.1) is 0 Å². The zero-order valence-electron chi connectivity index (χ0n) is 5.99. The Morgan fingerprint density at radius 2 is 1.71 bits per heavy atom. The summed E-state index contributed by atoms with van der Waals surface area (Å²) >= 11 is 0. The van der Waals surface area contributed by atoms with Crippen LogP contribution in [0.3, 0.4) is 0 Å². The standard InChI is InChI=1S/C2FN3O7S/c3-14(11,12)13-2(1-4,5(7)8)6(9)10. The van der Waals surface area contributed by atoms with Crippen LogP contribution in [0.1, 0.15) is 0 Å². The molecule has 0 heterocycles. The lowest BCUT2D eigenvalue weighted by molar-refractivity contribution is -0.820. The van der Waals surface area contributed by atoms with Gasteiger partial charge in [-0.2, -0.15) is 13.7 Å². The quantitative estimate of drug-likeness (QED) is 0.256. The predicted octanol–water partition coefficient (Wildman–Crippen LogP) is -1.05. The molecule has 78 valence electrons. The van der Waals surface area contributed by atoms with E-state index in [1.165, 1.54) is 0 Å². The van der Waals surface area contributed by atoms with E-state index in [2.05, 4.69) is 4.18 Å². The van der Waals surface area contributed by atoms with Crippen molar-refractivity contribution in [3.8, 4) is 6.07 Å². The van der Waals surface area contributed by atoms with Crippen LogP contribution in [0.5, 0.6) is 0 Å². The highest BCUT2D eigenvalue weighted by atomic mass is 32.3. The number of nitriles is 1. The summed E-state index contributed by atoms with van der Waals surface area (Å²) < 4.78 is 34.2. The zero-order valence-corrected chi connectivity index (χ0v) is 6.80. The van der Waals surface area contributed by atoms with Gasteiger partial charge in [-0.25, -0.2) is 0 Å².